The van der Waals surface area contributed by atoms with E-state index in [1.807, 2.05) is 25.1 Å². The summed E-state index contributed by atoms with van der Waals surface area (Å²) in [5.74, 6) is 0.131. The lowest BCUT2D eigenvalue weighted by Gasteiger charge is -2.16. The van der Waals surface area contributed by atoms with E-state index in [0.29, 0.717) is 18.0 Å². The third kappa shape index (κ3) is 6.86. The number of ether oxygens (including phenoxy) is 1. The molecule has 5 nitrogen and oxygen atoms in total. The van der Waals surface area contributed by atoms with Gasteiger partial charge < -0.3 is 15.2 Å². The van der Waals surface area contributed by atoms with Crippen molar-refractivity contribution < 1.29 is 19.4 Å². The third-order valence-electron chi connectivity index (χ3n) is 2.53. The molecule has 1 unspecified atom stereocenters. The number of amides is 1. The summed E-state index contributed by atoms with van der Waals surface area (Å²) in [6.45, 7) is 4.06. The Morgan fingerprint density at radius 1 is 1.48 bits per heavy atom. The van der Waals surface area contributed by atoms with Crippen LogP contribution in [0.3, 0.4) is 0 Å². The van der Waals surface area contributed by atoms with Gasteiger partial charge in [0.1, 0.15) is 5.75 Å². The van der Waals surface area contributed by atoms with Gasteiger partial charge in [0.05, 0.1) is 10.2 Å². The molecule has 0 spiro atoms. The highest BCUT2D eigenvalue weighted by Crippen LogP contribution is 2.26. The molecule has 21 heavy (non-hydrogen) atoms. The fourth-order valence-electron chi connectivity index (χ4n) is 1.50. The molecule has 0 heterocycles. The van der Waals surface area contributed by atoms with Gasteiger partial charge in [-0.05, 0) is 47.5 Å². The highest BCUT2D eigenvalue weighted by molar-refractivity contribution is 9.10. The van der Waals surface area contributed by atoms with Crippen molar-refractivity contribution in [2.24, 2.45) is 0 Å². The second kappa shape index (κ2) is 8.94. The van der Waals surface area contributed by atoms with Crippen molar-refractivity contribution in [2.75, 3.05) is 18.1 Å². The highest BCUT2D eigenvalue weighted by atomic mass is 79.9. The molecule has 2 N–H and O–H groups in total. The van der Waals surface area contributed by atoms with Crippen molar-refractivity contribution in [3.05, 3.63) is 28.2 Å². The molecular weight excluding hydrogens is 358 g/mol. The molecular formula is C14H18BrNO4S. The summed E-state index contributed by atoms with van der Waals surface area (Å²) < 4.78 is 6.40. The number of rotatable bonds is 8. The molecule has 0 saturated heterocycles. The third-order valence-corrected chi connectivity index (χ3v) is 4.10. The van der Waals surface area contributed by atoms with E-state index in [0.717, 1.165) is 10.0 Å². The first-order valence-electron chi connectivity index (χ1n) is 6.40. The first-order chi connectivity index (χ1) is 9.90. The van der Waals surface area contributed by atoms with E-state index in [-0.39, 0.29) is 11.7 Å². The van der Waals surface area contributed by atoms with E-state index < -0.39 is 12.1 Å². The zero-order chi connectivity index (χ0) is 15.8. The van der Waals surface area contributed by atoms with Gasteiger partial charge >= 0.3 is 5.97 Å². The van der Waals surface area contributed by atoms with Gasteiger partial charge in [-0.1, -0.05) is 6.07 Å². The molecule has 0 radical (unpaired) electrons. The number of aliphatic carboxylic acids is 1. The minimum Gasteiger partial charge on any atom is -0.481 e. The average Bonchev–Trinajstić information content (AvgIpc) is 2.40. The number of carbonyl (C=O) groups is 2. The van der Waals surface area contributed by atoms with Gasteiger partial charge in [0.2, 0.25) is 0 Å². The molecule has 1 aromatic carbocycles. The van der Waals surface area contributed by atoms with Crippen LogP contribution >= 0.6 is 27.7 Å². The average molecular weight is 376 g/mol. The summed E-state index contributed by atoms with van der Waals surface area (Å²) in [4.78, 5) is 22.2. The number of thioether (sulfide) groups is 1. The molecule has 1 rings (SSSR count). The Kier molecular flexibility index (Phi) is 7.60. The second-order valence-electron chi connectivity index (χ2n) is 4.43. The molecule has 1 atom stereocenters. The largest absolute Gasteiger partial charge is 0.481 e. The summed E-state index contributed by atoms with van der Waals surface area (Å²) >= 11 is 4.66. The first-order valence-corrected chi connectivity index (χ1v) is 8.35. The lowest BCUT2D eigenvalue weighted by molar-refractivity contribution is -0.134. The van der Waals surface area contributed by atoms with Gasteiger partial charge in [0, 0.05) is 12.3 Å². The number of nitrogens with one attached hydrogen (secondary N) is 1. The molecule has 0 aromatic heterocycles. The number of carboxylic acids is 1. The Morgan fingerprint density at radius 3 is 2.81 bits per heavy atom. The van der Waals surface area contributed by atoms with E-state index in [1.165, 1.54) is 11.8 Å². The molecule has 0 aliphatic heterocycles. The number of benzene rings is 1. The van der Waals surface area contributed by atoms with Crippen LogP contribution in [0.4, 0.5) is 0 Å². The van der Waals surface area contributed by atoms with Crippen LogP contribution < -0.4 is 10.1 Å². The molecule has 0 saturated carbocycles. The van der Waals surface area contributed by atoms with E-state index in [9.17, 15) is 9.59 Å². The quantitative estimate of drug-likeness (QED) is 0.682. The fourth-order valence-corrected chi connectivity index (χ4v) is 2.65. The van der Waals surface area contributed by atoms with Gasteiger partial charge in [0.25, 0.3) is 5.91 Å². The molecule has 1 amide bonds. The Labute approximate surface area is 136 Å². The van der Waals surface area contributed by atoms with Gasteiger partial charge in [-0.3, -0.25) is 9.59 Å². The number of hydrogen-bond donors (Lipinski definition) is 2. The summed E-state index contributed by atoms with van der Waals surface area (Å²) in [6, 6.07) is 5.64. The minimum absolute atomic E-state index is 0.0399. The van der Waals surface area contributed by atoms with Crippen molar-refractivity contribution in [3.8, 4) is 5.75 Å². The molecule has 0 fully saturated rings. The van der Waals surface area contributed by atoms with Crippen molar-refractivity contribution in [1.82, 2.24) is 5.32 Å². The SMILES string of the molecule is Cc1ccc(OC(C)C(=O)NCCSCC(=O)O)c(Br)c1. The van der Waals surface area contributed by atoms with E-state index in [1.54, 1.807) is 6.92 Å². The van der Waals surface area contributed by atoms with Crippen molar-refractivity contribution in [1.29, 1.82) is 0 Å². The van der Waals surface area contributed by atoms with Crippen molar-refractivity contribution in [3.63, 3.8) is 0 Å². The normalized spacial score (nSPS) is 11.8. The number of halogens is 1. The van der Waals surface area contributed by atoms with Crippen LogP contribution in [0.2, 0.25) is 0 Å². The maximum Gasteiger partial charge on any atom is 0.313 e. The summed E-state index contributed by atoms with van der Waals surface area (Å²) in [7, 11) is 0. The van der Waals surface area contributed by atoms with Crippen molar-refractivity contribution >= 4 is 39.6 Å². The maximum absolute atomic E-state index is 11.8. The number of carbonyl (C=O) groups excluding carboxylic acids is 1. The Balaban J connectivity index is 2.35. The number of aryl methyl sites for hydroxylation is 1. The van der Waals surface area contributed by atoms with Crippen molar-refractivity contribution in [2.45, 2.75) is 20.0 Å². The van der Waals surface area contributed by atoms with Crippen LogP contribution in [0.5, 0.6) is 5.75 Å². The van der Waals surface area contributed by atoms with Crippen LogP contribution in [0, 0.1) is 6.92 Å². The van der Waals surface area contributed by atoms with Crippen LogP contribution in [0.15, 0.2) is 22.7 Å². The molecule has 0 bridgehead atoms. The smallest absolute Gasteiger partial charge is 0.313 e. The second-order valence-corrected chi connectivity index (χ2v) is 6.39. The summed E-state index contributed by atoms with van der Waals surface area (Å²) in [6.07, 6.45) is -0.617. The zero-order valence-corrected chi connectivity index (χ0v) is 14.3. The standard InChI is InChI=1S/C14H18BrNO4S/c1-9-3-4-12(11(15)7-9)20-10(2)14(19)16-5-6-21-8-13(17)18/h3-4,7,10H,5-6,8H2,1-2H3,(H,16,19)(H,17,18). The Morgan fingerprint density at radius 2 is 2.19 bits per heavy atom. The lowest BCUT2D eigenvalue weighted by atomic mass is 10.2. The maximum atomic E-state index is 11.8. The van der Waals surface area contributed by atoms with Gasteiger partial charge in [0.15, 0.2) is 6.10 Å². The topological polar surface area (TPSA) is 75.6 Å². The number of carboxylic acid groups (broad SMARTS) is 1. The summed E-state index contributed by atoms with van der Waals surface area (Å²) in [5.41, 5.74) is 1.10. The van der Waals surface area contributed by atoms with Crippen LogP contribution in [0.25, 0.3) is 0 Å². The van der Waals surface area contributed by atoms with Crippen LogP contribution in [0.1, 0.15) is 12.5 Å². The summed E-state index contributed by atoms with van der Waals surface area (Å²) in [5, 5.41) is 11.2. The lowest BCUT2D eigenvalue weighted by Crippen LogP contribution is -2.37. The van der Waals surface area contributed by atoms with Gasteiger partial charge in [-0.15, -0.1) is 11.8 Å². The highest BCUT2D eigenvalue weighted by Gasteiger charge is 2.15. The van der Waals surface area contributed by atoms with E-state index in [4.69, 9.17) is 9.84 Å². The van der Waals surface area contributed by atoms with E-state index >= 15 is 0 Å². The zero-order valence-electron chi connectivity index (χ0n) is 11.9. The molecule has 0 aliphatic rings. The molecule has 1 aromatic rings. The Hall–Kier alpha value is -1.21. The predicted molar refractivity (Wildman–Crippen MR) is 86.9 cm³/mol. The van der Waals surface area contributed by atoms with Crippen LogP contribution in [-0.2, 0) is 9.59 Å². The molecule has 7 heteroatoms. The Bertz CT molecular complexity index is 510. The molecule has 0 aliphatic carbocycles. The van der Waals surface area contributed by atoms with E-state index in [2.05, 4.69) is 21.2 Å². The fraction of sp³-hybridized carbons (Fsp3) is 0.429. The number of hydrogen-bond acceptors (Lipinski definition) is 4. The monoisotopic (exact) mass is 375 g/mol. The minimum atomic E-state index is -0.854. The predicted octanol–water partition coefficient (Wildman–Crippen LogP) is 2.46. The van der Waals surface area contributed by atoms with Gasteiger partial charge in [-0.25, -0.2) is 0 Å². The molecule has 116 valence electrons. The first kappa shape index (κ1) is 17.8. The van der Waals surface area contributed by atoms with Gasteiger partial charge in [-0.2, -0.15) is 0 Å². The van der Waals surface area contributed by atoms with Crippen LogP contribution in [-0.4, -0.2) is 41.1 Å².